The molecule has 0 saturated carbocycles. The van der Waals surface area contributed by atoms with Crippen molar-refractivity contribution in [3.63, 3.8) is 0 Å². The van der Waals surface area contributed by atoms with E-state index < -0.39 is 0 Å². The Balaban J connectivity index is 2.42. The maximum Gasteiger partial charge on any atom is 0.0682 e. The van der Waals surface area contributed by atoms with Crippen LogP contribution in [0.25, 0.3) is 0 Å². The summed E-state index contributed by atoms with van der Waals surface area (Å²) < 4.78 is 1.69. The Morgan fingerprint density at radius 1 is 1.57 bits per heavy atom. The molecule has 1 N–H and O–H groups in total. The van der Waals surface area contributed by atoms with E-state index in [1.54, 1.807) is 4.03 Å². The molecule has 40 valence electrons. The summed E-state index contributed by atoms with van der Waals surface area (Å²) in [6.07, 6.45) is 3.76. The van der Waals surface area contributed by atoms with E-state index in [1.165, 1.54) is 0 Å². The lowest BCUT2D eigenvalue weighted by Crippen LogP contribution is -2.30. The van der Waals surface area contributed by atoms with Crippen LogP contribution < -0.4 is 5.53 Å². The van der Waals surface area contributed by atoms with Gasteiger partial charge in [-0.2, -0.15) is 0 Å². The molecule has 0 unspecified atom stereocenters. The topological polar surface area (TPSA) is 18.5 Å². The predicted molar refractivity (Wildman–Crippen MR) is 30.8 cm³/mol. The average Bonchev–Trinajstić information content (AvgIpc) is 1.87. The van der Waals surface area contributed by atoms with Gasteiger partial charge in [0.1, 0.15) is 0 Å². The first-order valence-corrected chi connectivity index (χ1v) is 2.62. The van der Waals surface area contributed by atoms with E-state index >= 15 is 0 Å². The SMILES string of the molecule is CN1C=CN(Br)N1. The highest BCUT2D eigenvalue weighted by Crippen LogP contribution is 2.00. The van der Waals surface area contributed by atoms with Gasteiger partial charge in [0, 0.05) is 19.4 Å². The van der Waals surface area contributed by atoms with Crippen LogP contribution in [0.1, 0.15) is 0 Å². The molecule has 1 rings (SSSR count). The second-order valence-electron chi connectivity index (χ2n) is 1.32. The third-order valence-corrected chi connectivity index (χ3v) is 1.07. The zero-order valence-electron chi connectivity index (χ0n) is 3.93. The van der Waals surface area contributed by atoms with Gasteiger partial charge in [0.25, 0.3) is 0 Å². The molecule has 1 aliphatic rings. The maximum atomic E-state index is 3.17. The highest BCUT2D eigenvalue weighted by molar-refractivity contribution is 9.07. The van der Waals surface area contributed by atoms with Crippen LogP contribution in [0.4, 0.5) is 0 Å². The molecule has 0 aliphatic carbocycles. The smallest absolute Gasteiger partial charge is 0.0682 e. The fourth-order valence-corrected chi connectivity index (χ4v) is 0.732. The van der Waals surface area contributed by atoms with Gasteiger partial charge in [-0.15, -0.1) is 5.53 Å². The molecule has 3 nitrogen and oxygen atoms in total. The van der Waals surface area contributed by atoms with Crippen LogP contribution in [0, 0.1) is 0 Å². The molecule has 0 fully saturated rings. The van der Waals surface area contributed by atoms with E-state index in [0.29, 0.717) is 0 Å². The van der Waals surface area contributed by atoms with Gasteiger partial charge < -0.3 is 0 Å². The van der Waals surface area contributed by atoms with Crippen LogP contribution in [0.15, 0.2) is 12.4 Å². The van der Waals surface area contributed by atoms with Crippen molar-refractivity contribution in [1.82, 2.24) is 14.6 Å². The lowest BCUT2D eigenvalue weighted by atomic mass is 10.9. The standard InChI is InChI=1S/C3H6BrN3/c1-6-2-3-7(4)5-6/h2-3,5H,1H3. The third-order valence-electron chi connectivity index (χ3n) is 0.674. The van der Waals surface area contributed by atoms with E-state index in [1.807, 2.05) is 24.5 Å². The summed E-state index contributed by atoms with van der Waals surface area (Å²) in [5.74, 6) is 0. The molecule has 1 aliphatic heterocycles. The van der Waals surface area contributed by atoms with E-state index in [0.717, 1.165) is 0 Å². The molecule has 0 radical (unpaired) electrons. The molecule has 0 bridgehead atoms. The van der Waals surface area contributed by atoms with Crippen LogP contribution in [0.2, 0.25) is 0 Å². The van der Waals surface area contributed by atoms with Crippen LogP contribution in [0.5, 0.6) is 0 Å². The number of nitrogens with zero attached hydrogens (tertiary/aromatic N) is 2. The summed E-state index contributed by atoms with van der Waals surface area (Å²) in [5, 5.41) is 1.83. The quantitative estimate of drug-likeness (QED) is 0.524. The highest BCUT2D eigenvalue weighted by atomic mass is 79.9. The van der Waals surface area contributed by atoms with Crippen molar-refractivity contribution in [2.75, 3.05) is 7.05 Å². The van der Waals surface area contributed by atoms with Crippen molar-refractivity contribution >= 4 is 16.1 Å². The monoisotopic (exact) mass is 163 g/mol. The molecule has 1 heterocycles. The molecule has 7 heavy (non-hydrogen) atoms. The van der Waals surface area contributed by atoms with E-state index in [9.17, 15) is 0 Å². The van der Waals surface area contributed by atoms with E-state index in [-0.39, 0.29) is 0 Å². The number of rotatable bonds is 0. The maximum absolute atomic E-state index is 3.17. The first-order chi connectivity index (χ1) is 3.29. The largest absolute Gasteiger partial charge is 0.299 e. The van der Waals surface area contributed by atoms with Crippen molar-refractivity contribution in [3.8, 4) is 0 Å². The summed E-state index contributed by atoms with van der Waals surface area (Å²) in [6.45, 7) is 0. The van der Waals surface area contributed by atoms with Gasteiger partial charge in [-0.25, -0.2) is 4.03 Å². The molecule has 0 amide bonds. The molecule has 0 aromatic rings. The summed E-state index contributed by atoms with van der Waals surface area (Å²) in [7, 11) is 1.91. The number of halogens is 1. The van der Waals surface area contributed by atoms with Gasteiger partial charge in [-0.05, 0) is 0 Å². The fraction of sp³-hybridized carbons (Fsp3) is 0.333. The lowest BCUT2D eigenvalue weighted by molar-refractivity contribution is 0.261. The van der Waals surface area contributed by atoms with Crippen molar-refractivity contribution in [2.45, 2.75) is 0 Å². The van der Waals surface area contributed by atoms with Crippen molar-refractivity contribution < 1.29 is 0 Å². The molecule has 4 heteroatoms. The summed E-state index contributed by atoms with van der Waals surface area (Å²) in [6, 6.07) is 0. The second-order valence-corrected chi connectivity index (χ2v) is 2.08. The number of hydrogen-bond acceptors (Lipinski definition) is 3. The Hall–Kier alpha value is -0.220. The first-order valence-electron chi connectivity index (χ1n) is 1.91. The Bertz CT molecular complexity index is 82.2. The Kier molecular flexibility index (Phi) is 1.21. The fourth-order valence-electron chi connectivity index (χ4n) is 0.376. The molecule has 0 spiro atoms. The first kappa shape index (κ1) is 4.93. The van der Waals surface area contributed by atoms with Gasteiger partial charge in [0.15, 0.2) is 0 Å². The van der Waals surface area contributed by atoms with Crippen LogP contribution in [0.3, 0.4) is 0 Å². The molecule has 0 atom stereocenters. The molecule has 0 saturated heterocycles. The number of nitrogens with one attached hydrogen (secondary N) is 1. The Morgan fingerprint density at radius 3 is 2.43 bits per heavy atom. The van der Waals surface area contributed by atoms with E-state index in [2.05, 4.69) is 21.7 Å². The summed E-state index contributed by atoms with van der Waals surface area (Å²) in [4.78, 5) is 0. The van der Waals surface area contributed by atoms with Crippen LogP contribution >= 0.6 is 16.1 Å². The van der Waals surface area contributed by atoms with Gasteiger partial charge >= 0.3 is 0 Å². The minimum atomic E-state index is 1.69. The summed E-state index contributed by atoms with van der Waals surface area (Å²) in [5.41, 5.74) is 2.89. The van der Waals surface area contributed by atoms with Gasteiger partial charge in [0.2, 0.25) is 0 Å². The number of hydrazine groups is 2. The zero-order chi connectivity index (χ0) is 5.28. The second kappa shape index (κ2) is 1.71. The van der Waals surface area contributed by atoms with Crippen LogP contribution in [-0.4, -0.2) is 16.1 Å². The molecular weight excluding hydrogens is 158 g/mol. The van der Waals surface area contributed by atoms with Crippen LogP contribution in [-0.2, 0) is 0 Å². The predicted octanol–water partition coefficient (Wildman–Crippen LogP) is 0.435. The average molecular weight is 164 g/mol. The third kappa shape index (κ3) is 1.07. The van der Waals surface area contributed by atoms with Crippen molar-refractivity contribution in [1.29, 1.82) is 0 Å². The van der Waals surface area contributed by atoms with E-state index in [4.69, 9.17) is 0 Å². The van der Waals surface area contributed by atoms with Crippen molar-refractivity contribution in [2.24, 2.45) is 0 Å². The Labute approximate surface area is 50.9 Å². The highest BCUT2D eigenvalue weighted by Gasteiger charge is 2.00. The minimum Gasteiger partial charge on any atom is -0.299 e. The summed E-state index contributed by atoms with van der Waals surface area (Å²) >= 11 is 3.17. The van der Waals surface area contributed by atoms with Gasteiger partial charge in [-0.1, -0.05) is 0 Å². The normalized spacial score (nSPS) is 19.1. The molecule has 0 aromatic carbocycles. The van der Waals surface area contributed by atoms with Gasteiger partial charge in [-0.3, -0.25) is 5.01 Å². The Morgan fingerprint density at radius 2 is 2.29 bits per heavy atom. The molecule has 0 aromatic heterocycles. The zero-order valence-corrected chi connectivity index (χ0v) is 5.51. The minimum absolute atomic E-state index is 1.69. The number of hydrogen-bond donors (Lipinski definition) is 1. The van der Waals surface area contributed by atoms with Gasteiger partial charge in [0.05, 0.1) is 16.1 Å². The lowest BCUT2D eigenvalue weighted by Gasteiger charge is -2.10. The van der Waals surface area contributed by atoms with Crippen molar-refractivity contribution in [3.05, 3.63) is 12.4 Å². The molecular formula is C3H6BrN3.